The molecule has 0 amide bonds. The van der Waals surface area contributed by atoms with Crippen LogP contribution in [0.25, 0.3) is 11.3 Å². The van der Waals surface area contributed by atoms with Crippen LogP contribution in [0.1, 0.15) is 31.7 Å². The number of carbonyl (C=O) groups is 1. The molecule has 0 aliphatic rings. The van der Waals surface area contributed by atoms with E-state index in [1.807, 2.05) is 49.6 Å². The third-order valence-electron chi connectivity index (χ3n) is 3.97. The normalized spacial score (nSPS) is 11.6. The van der Waals surface area contributed by atoms with E-state index in [-0.39, 0.29) is 5.78 Å². The molecule has 0 fully saturated rings. The van der Waals surface area contributed by atoms with E-state index < -0.39 is 5.60 Å². The van der Waals surface area contributed by atoms with Gasteiger partial charge in [0.2, 0.25) is 0 Å². The van der Waals surface area contributed by atoms with Gasteiger partial charge in [-0.25, -0.2) is 4.98 Å². The highest BCUT2D eigenvalue weighted by molar-refractivity contribution is 7.10. The topological polar surface area (TPSA) is 39.2 Å². The van der Waals surface area contributed by atoms with Gasteiger partial charge in [-0.3, -0.25) is 4.79 Å². The zero-order valence-corrected chi connectivity index (χ0v) is 13.6. The summed E-state index contributed by atoms with van der Waals surface area (Å²) in [7, 11) is 1.61. The maximum absolute atomic E-state index is 12.5. The van der Waals surface area contributed by atoms with Crippen molar-refractivity contribution in [2.45, 2.75) is 38.7 Å². The number of thiazole rings is 1. The van der Waals surface area contributed by atoms with Gasteiger partial charge in [0.25, 0.3) is 0 Å². The number of ketones is 1. The second-order valence-electron chi connectivity index (χ2n) is 5.00. The van der Waals surface area contributed by atoms with Gasteiger partial charge in [-0.05, 0) is 12.8 Å². The molecule has 0 saturated heterocycles. The Morgan fingerprint density at radius 3 is 2.48 bits per heavy atom. The molecule has 0 radical (unpaired) electrons. The van der Waals surface area contributed by atoms with Crippen LogP contribution in [0.4, 0.5) is 0 Å². The van der Waals surface area contributed by atoms with Crippen LogP contribution in [-0.4, -0.2) is 23.5 Å². The van der Waals surface area contributed by atoms with Gasteiger partial charge in [0.1, 0.15) is 10.6 Å². The van der Waals surface area contributed by atoms with Crippen LogP contribution >= 0.6 is 11.3 Å². The number of ether oxygens (including phenoxy) is 1. The highest BCUT2D eigenvalue weighted by Gasteiger charge is 2.34. The van der Waals surface area contributed by atoms with Crippen molar-refractivity contribution >= 4 is 17.1 Å². The van der Waals surface area contributed by atoms with Gasteiger partial charge in [0.05, 0.1) is 12.1 Å². The molecule has 0 spiro atoms. The number of nitrogens with zero attached hydrogens (tertiary/aromatic N) is 1. The summed E-state index contributed by atoms with van der Waals surface area (Å²) >= 11 is 1.53. The third kappa shape index (κ3) is 3.39. The lowest BCUT2D eigenvalue weighted by molar-refractivity contribution is -0.141. The number of rotatable bonds is 7. The minimum absolute atomic E-state index is 0.115. The fourth-order valence-corrected chi connectivity index (χ4v) is 3.28. The highest BCUT2D eigenvalue weighted by atomic mass is 32.1. The lowest BCUT2D eigenvalue weighted by Crippen LogP contribution is -2.40. The molecule has 0 aliphatic heterocycles. The molecule has 1 aromatic heterocycles. The molecule has 1 aromatic carbocycles. The molecule has 0 saturated carbocycles. The number of carbonyl (C=O) groups excluding carboxylic acids is 1. The van der Waals surface area contributed by atoms with Gasteiger partial charge in [-0.2, -0.15) is 0 Å². The van der Waals surface area contributed by atoms with E-state index in [1.165, 1.54) is 11.3 Å². The van der Waals surface area contributed by atoms with E-state index in [9.17, 15) is 4.79 Å². The summed E-state index contributed by atoms with van der Waals surface area (Å²) in [6.45, 7) is 3.98. The maximum atomic E-state index is 12.5. The van der Waals surface area contributed by atoms with Crippen LogP contribution in [0.5, 0.6) is 0 Å². The molecule has 21 heavy (non-hydrogen) atoms. The van der Waals surface area contributed by atoms with Gasteiger partial charge in [0.15, 0.2) is 5.78 Å². The first kappa shape index (κ1) is 15.9. The monoisotopic (exact) mass is 303 g/mol. The summed E-state index contributed by atoms with van der Waals surface area (Å²) in [5.41, 5.74) is 1.34. The Kier molecular flexibility index (Phi) is 5.26. The van der Waals surface area contributed by atoms with Gasteiger partial charge in [0, 0.05) is 18.1 Å². The average molecular weight is 303 g/mol. The Bertz CT molecular complexity index is 580. The predicted molar refractivity (Wildman–Crippen MR) is 86.6 cm³/mol. The third-order valence-corrected chi connectivity index (χ3v) is 4.82. The first-order valence-electron chi connectivity index (χ1n) is 7.23. The molecule has 0 unspecified atom stereocenters. The van der Waals surface area contributed by atoms with Crippen molar-refractivity contribution in [1.29, 1.82) is 0 Å². The van der Waals surface area contributed by atoms with Crippen LogP contribution in [0.3, 0.4) is 0 Å². The molecule has 2 rings (SSSR count). The minimum atomic E-state index is -0.668. The number of hydrogen-bond acceptors (Lipinski definition) is 4. The number of methoxy groups -OCH3 is 1. The zero-order chi connectivity index (χ0) is 15.3. The van der Waals surface area contributed by atoms with Crippen LogP contribution < -0.4 is 0 Å². The fraction of sp³-hybridized carbons (Fsp3) is 0.412. The average Bonchev–Trinajstić information content (AvgIpc) is 2.99. The molecular weight excluding hydrogens is 282 g/mol. The molecule has 0 bridgehead atoms. The van der Waals surface area contributed by atoms with Crippen LogP contribution in [-0.2, 0) is 16.0 Å². The van der Waals surface area contributed by atoms with Crippen molar-refractivity contribution in [3.63, 3.8) is 0 Å². The van der Waals surface area contributed by atoms with E-state index in [0.717, 1.165) is 16.3 Å². The maximum Gasteiger partial charge on any atom is 0.171 e. The molecule has 1 heterocycles. The molecule has 0 aliphatic carbocycles. The predicted octanol–water partition coefficient (Wildman–Crippen LogP) is 4.13. The van der Waals surface area contributed by atoms with Crippen LogP contribution in [0.2, 0.25) is 0 Å². The lowest BCUT2D eigenvalue weighted by Gasteiger charge is -2.28. The molecule has 4 heteroatoms. The van der Waals surface area contributed by atoms with Crippen molar-refractivity contribution in [3.05, 3.63) is 40.7 Å². The standard InChI is InChI=1S/C17H21NO2S/c1-4-17(5-2,20-3)15(19)11-16-18-14(12-21-16)13-9-7-6-8-10-13/h6-10,12H,4-5,11H2,1-3H3. The zero-order valence-electron chi connectivity index (χ0n) is 12.8. The van der Waals surface area contributed by atoms with Crippen molar-refractivity contribution in [2.24, 2.45) is 0 Å². The summed E-state index contributed by atoms with van der Waals surface area (Å²) in [5.74, 6) is 0.115. The SMILES string of the molecule is CCC(CC)(OC)C(=O)Cc1nc(-c2ccccc2)cs1. The Balaban J connectivity index is 2.14. The second kappa shape index (κ2) is 6.96. The molecular formula is C17H21NO2S. The fourth-order valence-electron chi connectivity index (χ4n) is 2.48. The summed E-state index contributed by atoms with van der Waals surface area (Å²) < 4.78 is 5.49. The summed E-state index contributed by atoms with van der Waals surface area (Å²) in [5, 5.41) is 2.85. The van der Waals surface area contributed by atoms with Crippen molar-refractivity contribution in [1.82, 2.24) is 4.98 Å². The number of Topliss-reactive ketones (excluding diaryl/α,β-unsaturated/α-hetero) is 1. The first-order chi connectivity index (χ1) is 10.1. The first-order valence-corrected chi connectivity index (χ1v) is 8.11. The Hall–Kier alpha value is -1.52. The minimum Gasteiger partial charge on any atom is -0.370 e. The van der Waals surface area contributed by atoms with E-state index in [0.29, 0.717) is 19.3 Å². The van der Waals surface area contributed by atoms with Crippen molar-refractivity contribution in [3.8, 4) is 11.3 Å². The quantitative estimate of drug-likeness (QED) is 0.772. The summed E-state index contributed by atoms with van der Waals surface area (Å²) in [6.07, 6.45) is 1.72. The number of hydrogen-bond donors (Lipinski definition) is 0. The lowest BCUT2D eigenvalue weighted by atomic mass is 9.90. The Morgan fingerprint density at radius 2 is 1.90 bits per heavy atom. The van der Waals surface area contributed by atoms with Crippen molar-refractivity contribution in [2.75, 3.05) is 7.11 Å². The molecule has 0 N–H and O–H groups in total. The Morgan fingerprint density at radius 1 is 1.24 bits per heavy atom. The van der Waals surface area contributed by atoms with E-state index in [1.54, 1.807) is 7.11 Å². The molecule has 0 atom stereocenters. The van der Waals surface area contributed by atoms with E-state index in [4.69, 9.17) is 4.74 Å². The van der Waals surface area contributed by atoms with Crippen LogP contribution in [0, 0.1) is 0 Å². The van der Waals surface area contributed by atoms with Gasteiger partial charge < -0.3 is 4.74 Å². The van der Waals surface area contributed by atoms with Gasteiger partial charge >= 0.3 is 0 Å². The number of benzene rings is 1. The van der Waals surface area contributed by atoms with Crippen LogP contribution in [0.15, 0.2) is 35.7 Å². The second-order valence-corrected chi connectivity index (χ2v) is 5.94. The summed E-state index contributed by atoms with van der Waals surface area (Å²) in [4.78, 5) is 17.1. The molecule has 112 valence electrons. The number of aromatic nitrogens is 1. The highest BCUT2D eigenvalue weighted by Crippen LogP contribution is 2.26. The van der Waals surface area contributed by atoms with Crippen molar-refractivity contribution < 1.29 is 9.53 Å². The summed E-state index contributed by atoms with van der Waals surface area (Å²) in [6, 6.07) is 10.0. The van der Waals surface area contributed by atoms with E-state index >= 15 is 0 Å². The molecule has 3 nitrogen and oxygen atoms in total. The Labute approximate surface area is 130 Å². The largest absolute Gasteiger partial charge is 0.370 e. The van der Waals surface area contributed by atoms with Gasteiger partial charge in [-0.15, -0.1) is 11.3 Å². The van der Waals surface area contributed by atoms with Gasteiger partial charge in [-0.1, -0.05) is 44.2 Å². The molecule has 2 aromatic rings. The van der Waals surface area contributed by atoms with E-state index in [2.05, 4.69) is 4.98 Å². The smallest absolute Gasteiger partial charge is 0.171 e.